The Labute approximate surface area is 97.4 Å². The van der Waals surface area contributed by atoms with Crippen LogP contribution in [0.2, 0.25) is 0 Å². The van der Waals surface area contributed by atoms with E-state index in [1.54, 1.807) is 0 Å². The van der Waals surface area contributed by atoms with Crippen LogP contribution in [0.5, 0.6) is 0 Å². The second-order valence-electron chi connectivity index (χ2n) is 2.95. The molecule has 0 saturated heterocycles. The van der Waals surface area contributed by atoms with Crippen LogP contribution >= 0.6 is 0 Å². The van der Waals surface area contributed by atoms with E-state index in [1.807, 2.05) is 0 Å². The van der Waals surface area contributed by atoms with E-state index in [1.165, 1.54) is 0 Å². The summed E-state index contributed by atoms with van der Waals surface area (Å²) in [7, 11) is -8.96. The van der Waals surface area contributed by atoms with Gasteiger partial charge in [-0.05, 0) is 0 Å². The van der Waals surface area contributed by atoms with Crippen molar-refractivity contribution in [1.82, 2.24) is 0 Å². The molecule has 0 heterocycles. The molecule has 0 saturated carbocycles. The average molecular weight is 290 g/mol. The predicted octanol–water partition coefficient (Wildman–Crippen LogP) is -2.49. The van der Waals surface area contributed by atoms with Crippen molar-refractivity contribution in [2.75, 3.05) is 0 Å². The number of rotatable bonds is 5. The summed E-state index contributed by atoms with van der Waals surface area (Å²) in [6.45, 7) is 1.11. The summed E-state index contributed by atoms with van der Waals surface area (Å²) in [5.74, 6) is -3.91. The average Bonchev–Trinajstić information content (AvgIpc) is 1.95. The van der Waals surface area contributed by atoms with Gasteiger partial charge in [-0.3, -0.25) is 9.59 Å². The fraction of sp³-hybridized carbons (Fsp3) is 0.600. The zero-order chi connectivity index (χ0) is 13.9. The first-order valence-corrected chi connectivity index (χ1v) is 6.86. The molecule has 0 aromatic rings. The molecule has 0 aliphatic heterocycles. The van der Waals surface area contributed by atoms with Crippen LogP contribution in [0.3, 0.4) is 0 Å². The summed E-state index contributed by atoms with van der Waals surface area (Å²) in [4.78, 5) is 21.9. The highest BCUT2D eigenvalue weighted by molar-refractivity contribution is 7.85. The molecule has 12 heteroatoms. The van der Waals surface area contributed by atoms with Crippen molar-refractivity contribution >= 4 is 32.5 Å². The minimum absolute atomic E-state index is 0.731. The van der Waals surface area contributed by atoms with Crippen LogP contribution in [0.25, 0.3) is 0 Å². The summed E-state index contributed by atoms with van der Waals surface area (Å²) in [6.07, 6.45) is -0.731. The third-order valence-electron chi connectivity index (χ3n) is 1.28. The zero-order valence-corrected chi connectivity index (χ0v) is 10.2. The van der Waals surface area contributed by atoms with Crippen LogP contribution in [0, 0.1) is 5.92 Å². The highest BCUT2D eigenvalue weighted by Gasteiger charge is 2.24. The highest BCUT2D eigenvalue weighted by atomic mass is 32.2. The van der Waals surface area contributed by atoms with Gasteiger partial charge in [0.2, 0.25) is 0 Å². The SMILES string of the molecule is CC(CC(=O)OS(N)(=O)=O)C(=O)OS(N)(=O)=O. The smallest absolute Gasteiger partial charge is 0.334 e. The lowest BCUT2D eigenvalue weighted by Gasteiger charge is -2.08. The van der Waals surface area contributed by atoms with E-state index in [4.69, 9.17) is 0 Å². The molecule has 0 aliphatic rings. The number of hydrogen-bond acceptors (Lipinski definition) is 8. The van der Waals surface area contributed by atoms with Gasteiger partial charge in [-0.25, -0.2) is 0 Å². The maximum atomic E-state index is 11.0. The molecule has 0 aromatic carbocycles. The molecule has 0 fully saturated rings. The molecule has 0 rings (SSSR count). The molecule has 0 aliphatic carbocycles. The van der Waals surface area contributed by atoms with Crippen LogP contribution < -0.4 is 10.3 Å². The van der Waals surface area contributed by atoms with Crippen molar-refractivity contribution < 1.29 is 34.8 Å². The van der Waals surface area contributed by atoms with Crippen LogP contribution in [0.4, 0.5) is 0 Å². The number of carbonyl (C=O) groups is 2. The van der Waals surface area contributed by atoms with Crippen LogP contribution in [0.15, 0.2) is 0 Å². The molecular formula is C5H10N2O8S2. The topological polar surface area (TPSA) is 173 Å². The Balaban J connectivity index is 4.41. The Hall–Kier alpha value is -1.24. The number of nitrogens with two attached hydrogens (primary N) is 2. The Morgan fingerprint density at radius 2 is 1.47 bits per heavy atom. The number of carbonyl (C=O) groups excluding carboxylic acids is 2. The molecule has 1 unspecified atom stereocenters. The molecule has 10 nitrogen and oxygen atoms in total. The largest absolute Gasteiger partial charge is 0.382 e. The van der Waals surface area contributed by atoms with Crippen molar-refractivity contribution in [2.45, 2.75) is 13.3 Å². The standard InChI is InChI=1S/C5H10N2O8S2/c1-3(5(9)15-17(7,12)13)2-4(8)14-16(6,10)11/h3H,2H2,1H3,(H2,6,10,11)(H2,7,12,13). The second kappa shape index (κ2) is 5.39. The van der Waals surface area contributed by atoms with Crippen molar-refractivity contribution in [3.8, 4) is 0 Å². The summed E-state index contributed by atoms with van der Waals surface area (Å²) in [5, 5.41) is 8.79. The van der Waals surface area contributed by atoms with Gasteiger partial charge >= 0.3 is 32.5 Å². The van der Waals surface area contributed by atoms with Crippen molar-refractivity contribution in [2.24, 2.45) is 16.2 Å². The van der Waals surface area contributed by atoms with Gasteiger partial charge in [0, 0.05) is 0 Å². The molecule has 0 spiro atoms. The normalized spacial score (nSPS) is 13.8. The van der Waals surface area contributed by atoms with Crippen molar-refractivity contribution in [3.05, 3.63) is 0 Å². The monoisotopic (exact) mass is 290 g/mol. The molecule has 0 amide bonds. The molecular weight excluding hydrogens is 280 g/mol. The van der Waals surface area contributed by atoms with Gasteiger partial charge in [-0.15, -0.1) is 0 Å². The zero-order valence-electron chi connectivity index (χ0n) is 8.52. The fourth-order valence-corrected chi connectivity index (χ4v) is 1.41. The maximum absolute atomic E-state index is 11.0. The number of hydrogen-bond donors (Lipinski definition) is 2. The molecule has 1 atom stereocenters. The molecule has 17 heavy (non-hydrogen) atoms. The first kappa shape index (κ1) is 15.8. The summed E-state index contributed by atoms with van der Waals surface area (Å²) in [5.41, 5.74) is 0. The van der Waals surface area contributed by atoms with Gasteiger partial charge < -0.3 is 8.37 Å². The third kappa shape index (κ3) is 8.56. The van der Waals surface area contributed by atoms with Gasteiger partial charge in [0.1, 0.15) is 0 Å². The third-order valence-corrected chi connectivity index (χ3v) is 2.10. The molecule has 0 aromatic heterocycles. The van der Waals surface area contributed by atoms with Crippen molar-refractivity contribution in [3.63, 3.8) is 0 Å². The van der Waals surface area contributed by atoms with E-state index in [-0.39, 0.29) is 0 Å². The minimum Gasteiger partial charge on any atom is -0.334 e. The lowest BCUT2D eigenvalue weighted by atomic mass is 10.1. The van der Waals surface area contributed by atoms with Gasteiger partial charge in [0.15, 0.2) is 0 Å². The van der Waals surface area contributed by atoms with E-state index in [2.05, 4.69) is 18.6 Å². The van der Waals surface area contributed by atoms with Gasteiger partial charge in [-0.1, -0.05) is 6.92 Å². The van der Waals surface area contributed by atoms with Gasteiger partial charge in [0.25, 0.3) is 0 Å². The van der Waals surface area contributed by atoms with E-state index in [0.717, 1.165) is 6.92 Å². The molecule has 0 radical (unpaired) electrons. The van der Waals surface area contributed by atoms with E-state index in [9.17, 15) is 26.4 Å². The van der Waals surface area contributed by atoms with Gasteiger partial charge in [0.05, 0.1) is 12.3 Å². The second-order valence-corrected chi connectivity index (χ2v) is 5.25. The van der Waals surface area contributed by atoms with E-state index < -0.39 is 44.9 Å². The quantitative estimate of drug-likeness (QED) is 0.559. The summed E-state index contributed by atoms with van der Waals surface area (Å²) >= 11 is 0. The van der Waals surface area contributed by atoms with Crippen LogP contribution in [0.1, 0.15) is 13.3 Å². The Morgan fingerprint density at radius 1 is 1.06 bits per heavy atom. The molecule has 0 bridgehead atoms. The van der Waals surface area contributed by atoms with E-state index >= 15 is 0 Å². The Bertz CT molecular complexity index is 506. The van der Waals surface area contributed by atoms with Crippen molar-refractivity contribution in [1.29, 1.82) is 0 Å². The van der Waals surface area contributed by atoms with Crippen LogP contribution in [-0.2, 0) is 38.6 Å². The fourth-order valence-electron chi connectivity index (χ4n) is 0.694. The minimum atomic E-state index is -4.48. The maximum Gasteiger partial charge on any atom is 0.382 e. The molecule has 100 valence electrons. The predicted molar refractivity (Wildman–Crippen MR) is 52.2 cm³/mol. The van der Waals surface area contributed by atoms with Crippen LogP contribution in [-0.4, -0.2) is 28.8 Å². The first-order chi connectivity index (χ1) is 7.41. The summed E-state index contributed by atoms with van der Waals surface area (Å²) in [6, 6.07) is 0. The lowest BCUT2D eigenvalue weighted by molar-refractivity contribution is -0.144. The summed E-state index contributed by atoms with van der Waals surface area (Å²) < 4.78 is 48.8. The van der Waals surface area contributed by atoms with E-state index in [0.29, 0.717) is 0 Å². The van der Waals surface area contributed by atoms with Gasteiger partial charge in [-0.2, -0.15) is 27.1 Å². The Kier molecular flexibility index (Phi) is 5.00. The lowest BCUT2D eigenvalue weighted by Crippen LogP contribution is -2.27. The Morgan fingerprint density at radius 3 is 1.82 bits per heavy atom. The molecule has 4 N–H and O–H groups in total. The first-order valence-electron chi connectivity index (χ1n) is 3.92. The highest BCUT2D eigenvalue weighted by Crippen LogP contribution is 2.07.